The number of hydrogen-bond donors (Lipinski definition) is 3. The number of aryl methyl sites for hydroxylation is 1. The minimum absolute atomic E-state index is 0.128. The number of benzene rings is 1. The van der Waals surface area contributed by atoms with Crippen LogP contribution in [-0.4, -0.2) is 82.7 Å². The number of hydrogen-bond acceptors (Lipinski definition) is 12. The van der Waals surface area contributed by atoms with Gasteiger partial charge in [0, 0.05) is 62.3 Å². The van der Waals surface area contributed by atoms with Crippen molar-refractivity contribution in [3.63, 3.8) is 0 Å². The van der Waals surface area contributed by atoms with E-state index in [2.05, 4.69) is 49.3 Å². The Balaban J connectivity index is 1.52. The van der Waals surface area contributed by atoms with Gasteiger partial charge in [-0.15, -0.1) is 0 Å². The molecular formula is C27H38N10O3. The summed E-state index contributed by atoms with van der Waals surface area (Å²) in [5.41, 5.74) is 8.42. The lowest BCUT2D eigenvalue weighted by molar-refractivity contribution is 0.100. The molecule has 2 aromatic heterocycles. The van der Waals surface area contributed by atoms with Crippen molar-refractivity contribution in [2.45, 2.75) is 39.8 Å². The molecule has 40 heavy (non-hydrogen) atoms. The number of primary amides is 1. The van der Waals surface area contributed by atoms with Gasteiger partial charge >= 0.3 is 6.01 Å². The van der Waals surface area contributed by atoms with E-state index in [0.717, 1.165) is 37.2 Å². The number of carbonyl (C=O) groups excluding carboxylic acids is 1. The van der Waals surface area contributed by atoms with Gasteiger partial charge in [0.25, 0.3) is 0 Å². The second-order valence-electron chi connectivity index (χ2n) is 10.3. The molecule has 1 atom stereocenters. The van der Waals surface area contributed by atoms with E-state index in [1.165, 1.54) is 7.11 Å². The summed E-state index contributed by atoms with van der Waals surface area (Å²) in [5.74, 6) is 1.83. The molecule has 3 aromatic rings. The lowest BCUT2D eigenvalue weighted by Crippen LogP contribution is -2.29. The Kier molecular flexibility index (Phi) is 9.15. The Hall–Kier alpha value is -4.26. The second-order valence-corrected chi connectivity index (χ2v) is 10.3. The summed E-state index contributed by atoms with van der Waals surface area (Å²) in [5, 5.41) is 6.75. The van der Waals surface area contributed by atoms with E-state index in [-0.39, 0.29) is 12.1 Å². The Labute approximate surface area is 234 Å². The van der Waals surface area contributed by atoms with Crippen LogP contribution in [0.15, 0.2) is 24.4 Å². The minimum atomic E-state index is -0.497. The molecule has 0 radical (unpaired) electrons. The van der Waals surface area contributed by atoms with Crippen molar-refractivity contribution >= 4 is 29.4 Å². The molecule has 1 aliphatic heterocycles. The quantitative estimate of drug-likeness (QED) is 0.303. The zero-order chi connectivity index (χ0) is 28.8. The van der Waals surface area contributed by atoms with Crippen LogP contribution < -0.4 is 30.7 Å². The molecule has 0 unspecified atom stereocenters. The van der Waals surface area contributed by atoms with E-state index >= 15 is 0 Å². The number of nitrogens with one attached hydrogen (secondary N) is 2. The SMILES string of the molecule is COc1ncc(CN2CC[C@@H](Nc3nc(Nc4cc(C(N)=O)ccc4C)nc(N(C)CC(C)C)n3)C2)c(OC)n1. The number of methoxy groups -OCH3 is 2. The van der Waals surface area contributed by atoms with Crippen LogP contribution in [0.3, 0.4) is 0 Å². The highest BCUT2D eigenvalue weighted by Crippen LogP contribution is 2.25. The van der Waals surface area contributed by atoms with Crippen molar-refractivity contribution in [3.05, 3.63) is 41.1 Å². The first-order chi connectivity index (χ1) is 19.1. The summed E-state index contributed by atoms with van der Waals surface area (Å²) >= 11 is 0. The Morgan fingerprint density at radius 2 is 1.95 bits per heavy atom. The van der Waals surface area contributed by atoms with Gasteiger partial charge in [-0.2, -0.15) is 19.9 Å². The highest BCUT2D eigenvalue weighted by atomic mass is 16.5. The number of carbonyl (C=O) groups is 1. The standard InChI is InChI=1S/C27H38N10O3/c1-16(2)13-36(4)26-34-24(33-25(35-26)31-21-11-18(22(28)38)8-7-17(21)3)30-20-9-10-37(15-20)14-19-12-29-27(40-6)32-23(19)39-5/h7-8,11-12,16,20H,9-10,13-15H2,1-6H3,(H2,28,38)(H2,30,31,33,34,35)/t20-/m1/s1. The molecular weight excluding hydrogens is 512 g/mol. The van der Waals surface area contributed by atoms with Crippen LogP contribution in [0.2, 0.25) is 0 Å². The molecule has 0 saturated carbocycles. The van der Waals surface area contributed by atoms with Crippen molar-refractivity contribution in [2.75, 3.05) is 56.4 Å². The van der Waals surface area contributed by atoms with E-state index < -0.39 is 5.91 Å². The third-order valence-corrected chi connectivity index (χ3v) is 6.55. The van der Waals surface area contributed by atoms with Gasteiger partial charge < -0.3 is 30.7 Å². The van der Waals surface area contributed by atoms with Crippen molar-refractivity contribution < 1.29 is 14.3 Å². The first-order valence-electron chi connectivity index (χ1n) is 13.2. The summed E-state index contributed by atoms with van der Waals surface area (Å²) in [6.07, 6.45) is 2.64. The van der Waals surface area contributed by atoms with Gasteiger partial charge in [-0.05, 0) is 37.0 Å². The second kappa shape index (κ2) is 12.7. The Morgan fingerprint density at radius 1 is 1.18 bits per heavy atom. The number of nitrogens with zero attached hydrogens (tertiary/aromatic N) is 7. The van der Waals surface area contributed by atoms with Crippen LogP contribution in [0.5, 0.6) is 11.9 Å². The van der Waals surface area contributed by atoms with Gasteiger partial charge in [0.15, 0.2) is 0 Å². The van der Waals surface area contributed by atoms with Gasteiger partial charge in [0.1, 0.15) is 0 Å². The molecule has 0 spiro atoms. The number of anilines is 4. The van der Waals surface area contributed by atoms with Crippen molar-refractivity contribution in [1.29, 1.82) is 0 Å². The van der Waals surface area contributed by atoms with E-state index in [0.29, 0.717) is 47.4 Å². The maximum atomic E-state index is 11.7. The molecule has 1 amide bonds. The zero-order valence-corrected chi connectivity index (χ0v) is 23.9. The number of aromatic nitrogens is 5. The van der Waals surface area contributed by atoms with Gasteiger partial charge in [-0.3, -0.25) is 9.69 Å². The molecule has 1 fully saturated rings. The number of ether oxygens (including phenoxy) is 2. The molecule has 3 heterocycles. The molecule has 214 valence electrons. The summed E-state index contributed by atoms with van der Waals surface area (Å²) in [7, 11) is 5.08. The molecule has 1 aliphatic rings. The molecule has 1 aromatic carbocycles. The number of likely N-dealkylation sites (tertiary alicyclic amines) is 1. The summed E-state index contributed by atoms with van der Waals surface area (Å²) in [6.45, 7) is 9.31. The van der Waals surface area contributed by atoms with E-state index in [9.17, 15) is 4.79 Å². The fourth-order valence-electron chi connectivity index (χ4n) is 4.59. The van der Waals surface area contributed by atoms with Crippen LogP contribution in [0.4, 0.5) is 23.5 Å². The lowest BCUT2D eigenvalue weighted by Gasteiger charge is -2.22. The van der Waals surface area contributed by atoms with E-state index in [1.807, 2.05) is 24.9 Å². The van der Waals surface area contributed by atoms with Gasteiger partial charge in [-0.1, -0.05) is 19.9 Å². The number of rotatable bonds is 12. The van der Waals surface area contributed by atoms with Gasteiger partial charge in [0.05, 0.1) is 14.2 Å². The first kappa shape index (κ1) is 28.7. The van der Waals surface area contributed by atoms with Crippen molar-refractivity contribution in [3.8, 4) is 11.9 Å². The first-order valence-corrected chi connectivity index (χ1v) is 13.2. The zero-order valence-electron chi connectivity index (χ0n) is 23.9. The summed E-state index contributed by atoms with van der Waals surface area (Å²) in [4.78, 5) is 38.6. The normalized spacial score (nSPS) is 15.2. The third-order valence-electron chi connectivity index (χ3n) is 6.55. The predicted molar refractivity (Wildman–Crippen MR) is 153 cm³/mol. The molecule has 0 bridgehead atoms. The average Bonchev–Trinajstić information content (AvgIpc) is 3.35. The van der Waals surface area contributed by atoms with E-state index in [1.54, 1.807) is 25.4 Å². The van der Waals surface area contributed by atoms with Gasteiger partial charge in [0.2, 0.25) is 29.6 Å². The van der Waals surface area contributed by atoms with Crippen LogP contribution in [0.25, 0.3) is 0 Å². The number of amides is 1. The molecule has 13 nitrogen and oxygen atoms in total. The Bertz CT molecular complexity index is 1340. The number of nitrogens with two attached hydrogens (primary N) is 1. The molecule has 0 aliphatic carbocycles. The summed E-state index contributed by atoms with van der Waals surface area (Å²) in [6, 6.07) is 5.65. The maximum Gasteiger partial charge on any atom is 0.319 e. The van der Waals surface area contributed by atoms with Gasteiger partial charge in [-0.25, -0.2) is 4.98 Å². The predicted octanol–water partition coefficient (Wildman–Crippen LogP) is 2.61. The summed E-state index contributed by atoms with van der Waals surface area (Å²) < 4.78 is 10.5. The minimum Gasteiger partial charge on any atom is -0.481 e. The average molecular weight is 551 g/mol. The Morgan fingerprint density at radius 3 is 2.65 bits per heavy atom. The molecule has 1 saturated heterocycles. The van der Waals surface area contributed by atoms with Crippen molar-refractivity contribution in [1.82, 2.24) is 29.8 Å². The third kappa shape index (κ3) is 7.23. The monoisotopic (exact) mass is 550 g/mol. The van der Waals surface area contributed by atoms with Crippen molar-refractivity contribution in [2.24, 2.45) is 11.7 Å². The van der Waals surface area contributed by atoms with E-state index in [4.69, 9.17) is 20.2 Å². The van der Waals surface area contributed by atoms with Crippen LogP contribution >= 0.6 is 0 Å². The molecule has 4 rings (SSSR count). The fraction of sp³-hybridized carbons (Fsp3) is 0.481. The molecule has 13 heteroatoms. The topological polar surface area (TPSA) is 157 Å². The highest BCUT2D eigenvalue weighted by molar-refractivity contribution is 5.94. The molecule has 4 N–H and O–H groups in total. The smallest absolute Gasteiger partial charge is 0.319 e. The van der Waals surface area contributed by atoms with Crippen LogP contribution in [-0.2, 0) is 6.54 Å². The highest BCUT2D eigenvalue weighted by Gasteiger charge is 2.25. The maximum absolute atomic E-state index is 11.7. The van der Waals surface area contributed by atoms with Crippen LogP contribution in [0, 0.1) is 12.8 Å². The van der Waals surface area contributed by atoms with Crippen LogP contribution in [0.1, 0.15) is 41.8 Å². The largest absolute Gasteiger partial charge is 0.481 e. The fourth-order valence-corrected chi connectivity index (χ4v) is 4.59. The lowest BCUT2D eigenvalue weighted by atomic mass is 10.1.